The molecule has 0 aliphatic rings. The van der Waals surface area contributed by atoms with Crippen molar-refractivity contribution in [2.45, 2.75) is 13.5 Å². The number of anilines is 2. The van der Waals surface area contributed by atoms with E-state index in [1.807, 2.05) is 37.3 Å². The summed E-state index contributed by atoms with van der Waals surface area (Å²) in [5.41, 5.74) is 3.65. The molecule has 2 aromatic carbocycles. The molecule has 5 heteroatoms. The summed E-state index contributed by atoms with van der Waals surface area (Å²) in [7, 11) is -3.24. The molecule has 0 aliphatic heterocycles. The average molecular weight is 290 g/mol. The molecule has 0 aromatic heterocycles. The SMILES string of the molecule is Cc1cc(NCc2ccccc2)ccc1NS(C)(=O)=O. The van der Waals surface area contributed by atoms with Gasteiger partial charge in [-0.05, 0) is 36.2 Å². The van der Waals surface area contributed by atoms with Crippen molar-refractivity contribution in [2.24, 2.45) is 0 Å². The molecule has 0 unspecified atom stereocenters. The Kier molecular flexibility index (Phi) is 4.29. The summed E-state index contributed by atoms with van der Waals surface area (Å²) < 4.78 is 24.9. The van der Waals surface area contributed by atoms with Crippen molar-refractivity contribution < 1.29 is 8.42 Å². The normalized spacial score (nSPS) is 11.1. The van der Waals surface area contributed by atoms with E-state index in [4.69, 9.17) is 0 Å². The van der Waals surface area contributed by atoms with E-state index in [2.05, 4.69) is 22.2 Å². The fraction of sp³-hybridized carbons (Fsp3) is 0.200. The van der Waals surface area contributed by atoms with Crippen LogP contribution in [0.3, 0.4) is 0 Å². The molecule has 0 radical (unpaired) electrons. The predicted molar refractivity (Wildman–Crippen MR) is 83.4 cm³/mol. The highest BCUT2D eigenvalue weighted by molar-refractivity contribution is 7.92. The zero-order valence-corrected chi connectivity index (χ0v) is 12.4. The highest BCUT2D eigenvalue weighted by Crippen LogP contribution is 2.21. The molecule has 0 heterocycles. The van der Waals surface area contributed by atoms with Crippen molar-refractivity contribution in [3.8, 4) is 0 Å². The lowest BCUT2D eigenvalue weighted by Crippen LogP contribution is -2.10. The zero-order valence-electron chi connectivity index (χ0n) is 11.6. The van der Waals surface area contributed by atoms with Crippen molar-refractivity contribution >= 4 is 21.4 Å². The van der Waals surface area contributed by atoms with Crippen molar-refractivity contribution in [1.82, 2.24) is 0 Å². The van der Waals surface area contributed by atoms with Crippen molar-refractivity contribution in [3.05, 3.63) is 59.7 Å². The lowest BCUT2D eigenvalue weighted by molar-refractivity contribution is 0.607. The number of nitrogens with one attached hydrogen (secondary N) is 2. The van der Waals surface area contributed by atoms with E-state index in [0.717, 1.165) is 24.1 Å². The van der Waals surface area contributed by atoms with E-state index in [-0.39, 0.29) is 0 Å². The van der Waals surface area contributed by atoms with Gasteiger partial charge in [-0.25, -0.2) is 8.42 Å². The molecule has 2 N–H and O–H groups in total. The summed E-state index contributed by atoms with van der Waals surface area (Å²) in [6.07, 6.45) is 1.15. The first kappa shape index (κ1) is 14.4. The molecule has 2 aromatic rings. The van der Waals surface area contributed by atoms with E-state index in [0.29, 0.717) is 5.69 Å². The van der Waals surface area contributed by atoms with Gasteiger partial charge in [0.15, 0.2) is 0 Å². The molecule has 0 aliphatic carbocycles. The third-order valence-electron chi connectivity index (χ3n) is 2.86. The van der Waals surface area contributed by atoms with E-state index < -0.39 is 10.0 Å². The van der Waals surface area contributed by atoms with Crippen LogP contribution in [0.1, 0.15) is 11.1 Å². The number of aryl methyl sites for hydroxylation is 1. The van der Waals surface area contributed by atoms with E-state index >= 15 is 0 Å². The van der Waals surface area contributed by atoms with Crippen LogP contribution in [0.2, 0.25) is 0 Å². The molecule has 4 nitrogen and oxygen atoms in total. The van der Waals surface area contributed by atoms with Crippen molar-refractivity contribution in [2.75, 3.05) is 16.3 Å². The van der Waals surface area contributed by atoms with Gasteiger partial charge in [-0.15, -0.1) is 0 Å². The first-order valence-corrected chi connectivity index (χ1v) is 8.19. The zero-order chi connectivity index (χ0) is 14.6. The Bertz CT molecular complexity index is 682. The van der Waals surface area contributed by atoms with Crippen LogP contribution in [0.4, 0.5) is 11.4 Å². The van der Waals surface area contributed by atoms with E-state index in [1.54, 1.807) is 6.07 Å². The Morgan fingerprint density at radius 3 is 2.35 bits per heavy atom. The largest absolute Gasteiger partial charge is 0.381 e. The summed E-state index contributed by atoms with van der Waals surface area (Å²) in [5.74, 6) is 0. The standard InChI is InChI=1S/C15H18N2O2S/c1-12-10-14(8-9-15(12)17-20(2,18)19)16-11-13-6-4-3-5-7-13/h3-10,16-17H,11H2,1-2H3. The summed E-state index contributed by atoms with van der Waals surface area (Å²) in [6.45, 7) is 2.61. The van der Waals surface area contributed by atoms with E-state index in [9.17, 15) is 8.42 Å². The molecule has 0 saturated carbocycles. The first-order valence-electron chi connectivity index (χ1n) is 6.30. The molecule has 20 heavy (non-hydrogen) atoms. The fourth-order valence-electron chi connectivity index (χ4n) is 1.89. The second kappa shape index (κ2) is 5.96. The third-order valence-corrected chi connectivity index (χ3v) is 3.45. The average Bonchev–Trinajstić information content (AvgIpc) is 2.39. The fourth-order valence-corrected chi connectivity index (χ4v) is 2.52. The van der Waals surface area contributed by atoms with Crippen LogP contribution in [0.5, 0.6) is 0 Å². The Morgan fingerprint density at radius 1 is 1.05 bits per heavy atom. The number of hydrogen-bond donors (Lipinski definition) is 2. The van der Waals surface area contributed by atoms with Crippen molar-refractivity contribution in [1.29, 1.82) is 0 Å². The number of hydrogen-bond acceptors (Lipinski definition) is 3. The van der Waals surface area contributed by atoms with Crippen LogP contribution in [-0.2, 0) is 16.6 Å². The Morgan fingerprint density at radius 2 is 1.75 bits per heavy atom. The third kappa shape index (κ3) is 4.28. The molecule has 0 amide bonds. The number of benzene rings is 2. The summed E-state index contributed by atoms with van der Waals surface area (Å²) in [5, 5.41) is 3.31. The van der Waals surface area contributed by atoms with Gasteiger partial charge in [0, 0.05) is 12.2 Å². The lowest BCUT2D eigenvalue weighted by Gasteiger charge is -2.11. The monoisotopic (exact) mass is 290 g/mol. The maximum absolute atomic E-state index is 11.2. The van der Waals surface area contributed by atoms with Gasteiger partial charge < -0.3 is 5.32 Å². The Hall–Kier alpha value is -2.01. The number of sulfonamides is 1. The minimum absolute atomic E-state index is 0.609. The second-order valence-electron chi connectivity index (χ2n) is 4.74. The highest BCUT2D eigenvalue weighted by atomic mass is 32.2. The van der Waals surface area contributed by atoms with Gasteiger partial charge in [0.2, 0.25) is 10.0 Å². The molecule has 2 rings (SSSR count). The van der Waals surface area contributed by atoms with Gasteiger partial charge in [0.25, 0.3) is 0 Å². The highest BCUT2D eigenvalue weighted by Gasteiger charge is 2.05. The molecule has 106 valence electrons. The topological polar surface area (TPSA) is 58.2 Å². The first-order chi connectivity index (χ1) is 9.44. The minimum atomic E-state index is -3.24. The molecular formula is C15H18N2O2S. The second-order valence-corrected chi connectivity index (χ2v) is 6.49. The maximum Gasteiger partial charge on any atom is 0.229 e. The Balaban J connectivity index is 2.06. The van der Waals surface area contributed by atoms with Gasteiger partial charge in [0.1, 0.15) is 0 Å². The van der Waals surface area contributed by atoms with Gasteiger partial charge in [0.05, 0.1) is 11.9 Å². The quantitative estimate of drug-likeness (QED) is 0.890. The van der Waals surface area contributed by atoms with Crippen LogP contribution in [-0.4, -0.2) is 14.7 Å². The molecule has 0 bridgehead atoms. The molecule has 0 spiro atoms. The minimum Gasteiger partial charge on any atom is -0.381 e. The van der Waals surface area contributed by atoms with Gasteiger partial charge >= 0.3 is 0 Å². The number of rotatable bonds is 5. The van der Waals surface area contributed by atoms with Crippen LogP contribution >= 0.6 is 0 Å². The summed E-state index contributed by atoms with van der Waals surface area (Å²) >= 11 is 0. The summed E-state index contributed by atoms with van der Waals surface area (Å²) in [6, 6.07) is 15.7. The molecular weight excluding hydrogens is 272 g/mol. The maximum atomic E-state index is 11.2. The van der Waals surface area contributed by atoms with Gasteiger partial charge in [-0.2, -0.15) is 0 Å². The van der Waals surface area contributed by atoms with Crippen LogP contribution in [0.15, 0.2) is 48.5 Å². The molecule has 0 atom stereocenters. The molecule has 0 saturated heterocycles. The van der Waals surface area contributed by atoms with Crippen LogP contribution < -0.4 is 10.0 Å². The van der Waals surface area contributed by atoms with Gasteiger partial charge in [-0.1, -0.05) is 30.3 Å². The van der Waals surface area contributed by atoms with Gasteiger partial charge in [-0.3, -0.25) is 4.72 Å². The van der Waals surface area contributed by atoms with E-state index in [1.165, 1.54) is 5.56 Å². The van der Waals surface area contributed by atoms with Crippen molar-refractivity contribution in [3.63, 3.8) is 0 Å². The lowest BCUT2D eigenvalue weighted by atomic mass is 10.1. The Labute approximate surface area is 119 Å². The summed E-state index contributed by atoms with van der Waals surface area (Å²) in [4.78, 5) is 0. The smallest absolute Gasteiger partial charge is 0.229 e. The molecule has 0 fully saturated rings. The predicted octanol–water partition coefficient (Wildman–Crippen LogP) is 2.98. The van der Waals surface area contributed by atoms with Crippen LogP contribution in [0, 0.1) is 6.92 Å². The van der Waals surface area contributed by atoms with Crippen LogP contribution in [0.25, 0.3) is 0 Å².